The number of fused-ring (bicyclic) bond motifs is 3. The highest BCUT2D eigenvalue weighted by atomic mass is 32.2. The molecule has 0 fully saturated rings. The second-order valence-electron chi connectivity index (χ2n) is 8.03. The smallest absolute Gasteiger partial charge is 0.267 e. The number of para-hydroxylation sites is 1. The Balaban J connectivity index is 1.53. The predicted molar refractivity (Wildman–Crippen MR) is 138 cm³/mol. The number of Topliss-reactive ketones (excluding diaryl/α,β-unsaturated/α-hetero) is 1. The van der Waals surface area contributed by atoms with Crippen molar-refractivity contribution in [1.29, 1.82) is 0 Å². The minimum absolute atomic E-state index is 0.0802. The number of thioether (sulfide) groups is 1. The Bertz CT molecular complexity index is 1450. The van der Waals surface area contributed by atoms with Crippen LogP contribution < -0.4 is 19.8 Å². The van der Waals surface area contributed by atoms with E-state index in [2.05, 4.69) is 0 Å². The maximum absolute atomic E-state index is 13.7. The number of rotatable bonds is 8. The molecule has 5 rings (SSSR count). The summed E-state index contributed by atoms with van der Waals surface area (Å²) in [6.07, 6.45) is 2.97. The number of carbonyl (C=O) groups excluding carboxylic acids is 1. The van der Waals surface area contributed by atoms with Crippen LogP contribution in [-0.2, 0) is 12.8 Å². The van der Waals surface area contributed by atoms with E-state index in [1.807, 2.05) is 30.3 Å². The van der Waals surface area contributed by atoms with E-state index in [4.69, 9.17) is 19.2 Å². The second-order valence-corrected chi connectivity index (χ2v) is 10.1. The first-order valence-corrected chi connectivity index (χ1v) is 12.9. The van der Waals surface area contributed by atoms with Crippen molar-refractivity contribution >= 4 is 39.1 Å². The number of ether oxygens (including phenoxy) is 3. The van der Waals surface area contributed by atoms with Gasteiger partial charge in [-0.3, -0.25) is 14.2 Å². The van der Waals surface area contributed by atoms with Crippen LogP contribution in [-0.4, -0.2) is 42.4 Å². The third-order valence-corrected chi connectivity index (χ3v) is 8.17. The van der Waals surface area contributed by atoms with E-state index in [0.717, 1.165) is 35.3 Å². The van der Waals surface area contributed by atoms with Gasteiger partial charge in [-0.2, -0.15) is 0 Å². The van der Waals surface area contributed by atoms with Crippen molar-refractivity contribution in [1.82, 2.24) is 9.55 Å². The highest BCUT2D eigenvalue weighted by molar-refractivity contribution is 7.99. The van der Waals surface area contributed by atoms with Crippen LogP contribution in [0.3, 0.4) is 0 Å². The van der Waals surface area contributed by atoms with E-state index in [0.29, 0.717) is 33.4 Å². The van der Waals surface area contributed by atoms with E-state index < -0.39 is 0 Å². The summed E-state index contributed by atoms with van der Waals surface area (Å²) in [6.45, 7) is 0. The maximum Gasteiger partial charge on any atom is 0.267 e. The monoisotopic (exact) mass is 508 g/mol. The fourth-order valence-electron chi connectivity index (χ4n) is 4.38. The van der Waals surface area contributed by atoms with Crippen LogP contribution in [0, 0.1) is 0 Å². The summed E-state index contributed by atoms with van der Waals surface area (Å²) in [5.74, 6) is 1.20. The van der Waals surface area contributed by atoms with Crippen LogP contribution in [0.1, 0.15) is 27.2 Å². The van der Waals surface area contributed by atoms with Crippen LogP contribution in [0.2, 0.25) is 0 Å². The molecule has 9 heteroatoms. The molecule has 2 aromatic heterocycles. The molecule has 0 N–H and O–H groups in total. The number of carbonyl (C=O) groups is 1. The van der Waals surface area contributed by atoms with Gasteiger partial charge in [0.2, 0.25) is 5.75 Å². The van der Waals surface area contributed by atoms with Crippen LogP contribution in [0.5, 0.6) is 17.2 Å². The number of benzene rings is 2. The minimum Gasteiger partial charge on any atom is -0.493 e. The van der Waals surface area contributed by atoms with Gasteiger partial charge in [0, 0.05) is 10.4 Å². The summed E-state index contributed by atoms with van der Waals surface area (Å²) in [5, 5.41) is 1.21. The molecule has 2 aromatic carbocycles. The molecule has 0 bridgehead atoms. The molecule has 2 heterocycles. The van der Waals surface area contributed by atoms with Gasteiger partial charge in [-0.25, -0.2) is 4.98 Å². The van der Waals surface area contributed by atoms with E-state index in [1.165, 1.54) is 38.0 Å². The number of nitrogens with zero attached hydrogens (tertiary/aromatic N) is 2. The van der Waals surface area contributed by atoms with Gasteiger partial charge >= 0.3 is 0 Å². The van der Waals surface area contributed by atoms with Crippen LogP contribution >= 0.6 is 23.1 Å². The van der Waals surface area contributed by atoms with Crippen molar-refractivity contribution in [3.63, 3.8) is 0 Å². The molecule has 180 valence electrons. The number of hydrogen-bond acceptors (Lipinski definition) is 8. The molecule has 0 radical (unpaired) electrons. The van der Waals surface area contributed by atoms with Gasteiger partial charge in [-0.1, -0.05) is 30.0 Å². The molecular weight excluding hydrogens is 484 g/mol. The topological polar surface area (TPSA) is 79.7 Å². The highest BCUT2D eigenvalue weighted by Crippen LogP contribution is 2.39. The molecule has 0 spiro atoms. The lowest BCUT2D eigenvalue weighted by Gasteiger charge is -2.14. The molecule has 1 aliphatic rings. The first-order valence-electron chi connectivity index (χ1n) is 11.1. The molecule has 4 aromatic rings. The molecule has 1 aliphatic carbocycles. The largest absolute Gasteiger partial charge is 0.493 e. The molecule has 0 aliphatic heterocycles. The number of aryl methyl sites for hydroxylation is 2. The van der Waals surface area contributed by atoms with Gasteiger partial charge in [-0.15, -0.1) is 11.3 Å². The molecule has 0 amide bonds. The Hall–Kier alpha value is -3.30. The zero-order valence-electron chi connectivity index (χ0n) is 19.6. The number of aromatic nitrogens is 2. The summed E-state index contributed by atoms with van der Waals surface area (Å²) in [5.41, 5.74) is 2.21. The Kier molecular flexibility index (Phi) is 6.53. The lowest BCUT2D eigenvalue weighted by Crippen LogP contribution is -2.22. The van der Waals surface area contributed by atoms with E-state index in [9.17, 15) is 9.59 Å². The average molecular weight is 509 g/mol. The van der Waals surface area contributed by atoms with Crippen molar-refractivity contribution in [2.75, 3.05) is 27.1 Å². The minimum atomic E-state index is -0.142. The number of thiophene rings is 1. The average Bonchev–Trinajstić information content (AvgIpc) is 3.48. The van der Waals surface area contributed by atoms with E-state index in [1.54, 1.807) is 28.0 Å². The summed E-state index contributed by atoms with van der Waals surface area (Å²) in [7, 11) is 4.54. The normalized spacial score (nSPS) is 12.5. The first-order chi connectivity index (χ1) is 17.0. The van der Waals surface area contributed by atoms with Gasteiger partial charge < -0.3 is 14.2 Å². The predicted octanol–water partition coefficient (Wildman–Crippen LogP) is 4.94. The third kappa shape index (κ3) is 4.19. The second kappa shape index (κ2) is 9.75. The van der Waals surface area contributed by atoms with E-state index >= 15 is 0 Å². The zero-order chi connectivity index (χ0) is 24.5. The van der Waals surface area contributed by atoms with E-state index in [-0.39, 0.29) is 17.1 Å². The van der Waals surface area contributed by atoms with Crippen molar-refractivity contribution in [3.8, 4) is 22.9 Å². The summed E-state index contributed by atoms with van der Waals surface area (Å²) >= 11 is 2.84. The van der Waals surface area contributed by atoms with Crippen LogP contribution in [0.4, 0.5) is 0 Å². The Labute approximate surface area is 210 Å². The molecule has 7 nitrogen and oxygen atoms in total. The number of ketones is 1. The molecule has 0 saturated carbocycles. The van der Waals surface area contributed by atoms with Gasteiger partial charge in [0.1, 0.15) is 4.83 Å². The number of hydrogen-bond donors (Lipinski definition) is 0. The Morgan fingerprint density at radius 3 is 2.43 bits per heavy atom. The third-order valence-electron chi connectivity index (χ3n) is 6.04. The summed E-state index contributed by atoms with van der Waals surface area (Å²) in [6, 6.07) is 12.7. The van der Waals surface area contributed by atoms with Gasteiger partial charge in [0.25, 0.3) is 5.56 Å². The molecule has 0 saturated heterocycles. The van der Waals surface area contributed by atoms with Gasteiger partial charge in [0.05, 0.1) is 38.2 Å². The molecule has 0 atom stereocenters. The van der Waals surface area contributed by atoms with Gasteiger partial charge in [-0.05, 0) is 49.1 Å². The van der Waals surface area contributed by atoms with Crippen molar-refractivity contribution < 1.29 is 19.0 Å². The maximum atomic E-state index is 13.7. The summed E-state index contributed by atoms with van der Waals surface area (Å²) < 4.78 is 17.7. The molecule has 0 unspecified atom stereocenters. The van der Waals surface area contributed by atoms with Crippen LogP contribution in [0.25, 0.3) is 15.9 Å². The van der Waals surface area contributed by atoms with Crippen molar-refractivity contribution in [3.05, 3.63) is 68.8 Å². The molecule has 35 heavy (non-hydrogen) atoms. The van der Waals surface area contributed by atoms with Gasteiger partial charge in [0.15, 0.2) is 22.4 Å². The lowest BCUT2D eigenvalue weighted by atomic mass is 10.1. The first kappa shape index (κ1) is 23.4. The fourth-order valence-corrected chi connectivity index (χ4v) is 6.59. The quantitative estimate of drug-likeness (QED) is 0.190. The molecular formula is C26H24N2O5S2. The Morgan fingerprint density at radius 2 is 1.77 bits per heavy atom. The SMILES string of the molecule is COc1cc(C(=O)CSc2nc3sc4c(c3c(=O)n2-c2ccccc2)CCC4)cc(OC)c1OC. The zero-order valence-corrected chi connectivity index (χ0v) is 21.3. The Morgan fingerprint density at radius 1 is 1.06 bits per heavy atom. The number of methoxy groups -OCH3 is 3. The lowest BCUT2D eigenvalue weighted by molar-refractivity contribution is 0.102. The summed E-state index contributed by atoms with van der Waals surface area (Å²) in [4.78, 5) is 33.7. The van der Waals surface area contributed by atoms with Crippen molar-refractivity contribution in [2.24, 2.45) is 0 Å². The fraction of sp³-hybridized carbons (Fsp3) is 0.269. The standard InChI is InChI=1S/C26H24N2O5S2/c1-31-19-12-15(13-20(32-2)23(19)33-3)18(29)14-34-26-27-24-22(17-10-7-11-21(17)35-24)25(30)28(26)16-8-5-4-6-9-16/h4-6,8-9,12-13H,7,10-11,14H2,1-3H3. The highest BCUT2D eigenvalue weighted by Gasteiger charge is 2.24. The van der Waals surface area contributed by atoms with Crippen LogP contribution in [0.15, 0.2) is 52.4 Å². The van der Waals surface area contributed by atoms with Crippen molar-refractivity contribution in [2.45, 2.75) is 24.4 Å².